The van der Waals surface area contributed by atoms with Crippen LogP contribution >= 0.6 is 0 Å². The predicted molar refractivity (Wildman–Crippen MR) is 71.9 cm³/mol. The number of furan rings is 1. The van der Waals surface area contributed by atoms with E-state index in [1.54, 1.807) is 17.4 Å². The molecule has 0 saturated heterocycles. The topological polar surface area (TPSA) is 59.5 Å². The summed E-state index contributed by atoms with van der Waals surface area (Å²) in [6, 6.07) is 1.88. The summed E-state index contributed by atoms with van der Waals surface area (Å²) in [5.74, 6) is 0.168. The molecule has 18 heavy (non-hydrogen) atoms. The average molecular weight is 252 g/mol. The van der Waals surface area contributed by atoms with Crippen molar-refractivity contribution < 1.29 is 9.21 Å². The average Bonchev–Trinajstić information content (AvgIpc) is 2.78. The normalized spacial score (nSPS) is 11.6. The summed E-state index contributed by atoms with van der Waals surface area (Å²) < 4.78 is 4.99. The van der Waals surface area contributed by atoms with Crippen LogP contribution in [0.4, 0.5) is 0 Å². The molecule has 1 heterocycles. The Kier molecular flexibility index (Phi) is 5.41. The van der Waals surface area contributed by atoms with E-state index in [2.05, 4.69) is 13.8 Å². The van der Waals surface area contributed by atoms with Gasteiger partial charge >= 0.3 is 0 Å². The van der Waals surface area contributed by atoms with E-state index < -0.39 is 0 Å². The minimum atomic E-state index is 0.140. The van der Waals surface area contributed by atoms with Crippen LogP contribution in [0.15, 0.2) is 23.0 Å². The van der Waals surface area contributed by atoms with Crippen molar-refractivity contribution in [1.82, 2.24) is 4.90 Å². The lowest BCUT2D eigenvalue weighted by atomic mass is 9.84. The van der Waals surface area contributed by atoms with Gasteiger partial charge in [-0.1, -0.05) is 13.8 Å². The highest BCUT2D eigenvalue weighted by Crippen LogP contribution is 2.26. The van der Waals surface area contributed by atoms with Crippen molar-refractivity contribution >= 4 is 5.91 Å². The smallest absolute Gasteiger partial charge is 0.222 e. The number of hydrogen-bond acceptors (Lipinski definition) is 3. The van der Waals surface area contributed by atoms with Gasteiger partial charge in [0.25, 0.3) is 0 Å². The summed E-state index contributed by atoms with van der Waals surface area (Å²) in [4.78, 5) is 13.7. The van der Waals surface area contributed by atoms with E-state index in [9.17, 15) is 4.79 Å². The zero-order chi connectivity index (χ0) is 13.6. The molecule has 1 aromatic heterocycles. The molecule has 0 aliphatic heterocycles. The van der Waals surface area contributed by atoms with Crippen LogP contribution in [0.1, 0.15) is 38.7 Å². The van der Waals surface area contributed by atoms with Crippen molar-refractivity contribution in [3.63, 3.8) is 0 Å². The minimum Gasteiger partial charge on any atom is -0.472 e. The van der Waals surface area contributed by atoms with Crippen molar-refractivity contribution in [2.75, 3.05) is 13.6 Å². The Bertz CT molecular complexity index is 358. The van der Waals surface area contributed by atoms with Crippen LogP contribution in [0.3, 0.4) is 0 Å². The SMILES string of the molecule is CN(Cc1ccoc1)C(=O)CCC(C)(C)CCN. The monoisotopic (exact) mass is 252 g/mol. The van der Waals surface area contributed by atoms with Gasteiger partial charge in [-0.3, -0.25) is 4.79 Å². The number of hydrogen-bond donors (Lipinski definition) is 1. The van der Waals surface area contributed by atoms with E-state index in [0.29, 0.717) is 19.5 Å². The third-order valence-corrected chi connectivity index (χ3v) is 3.26. The van der Waals surface area contributed by atoms with Crippen LogP contribution < -0.4 is 5.73 Å². The Balaban J connectivity index is 2.36. The summed E-state index contributed by atoms with van der Waals surface area (Å²) in [7, 11) is 1.82. The largest absolute Gasteiger partial charge is 0.472 e. The van der Waals surface area contributed by atoms with Gasteiger partial charge < -0.3 is 15.1 Å². The first kappa shape index (κ1) is 14.8. The van der Waals surface area contributed by atoms with Gasteiger partial charge in [0.15, 0.2) is 0 Å². The Labute approximate surface area is 109 Å². The summed E-state index contributed by atoms with van der Waals surface area (Å²) in [6.07, 6.45) is 5.69. The maximum Gasteiger partial charge on any atom is 0.222 e. The minimum absolute atomic E-state index is 0.140. The van der Waals surface area contributed by atoms with Gasteiger partial charge in [0.1, 0.15) is 0 Å². The number of carbonyl (C=O) groups is 1. The van der Waals surface area contributed by atoms with E-state index in [4.69, 9.17) is 10.2 Å². The third kappa shape index (κ3) is 4.92. The molecular weight excluding hydrogens is 228 g/mol. The van der Waals surface area contributed by atoms with Gasteiger partial charge in [0.2, 0.25) is 5.91 Å². The number of rotatable bonds is 7. The lowest BCUT2D eigenvalue weighted by Crippen LogP contribution is -2.27. The lowest BCUT2D eigenvalue weighted by Gasteiger charge is -2.25. The molecule has 0 fully saturated rings. The van der Waals surface area contributed by atoms with Gasteiger partial charge in [-0.25, -0.2) is 0 Å². The van der Waals surface area contributed by atoms with Crippen LogP contribution in [0.2, 0.25) is 0 Å². The fourth-order valence-electron chi connectivity index (χ4n) is 1.90. The standard InChI is InChI=1S/C14H24N2O2/c1-14(2,7-8-15)6-4-13(17)16(3)10-12-5-9-18-11-12/h5,9,11H,4,6-8,10,15H2,1-3H3. The van der Waals surface area contributed by atoms with Gasteiger partial charge in [-0.15, -0.1) is 0 Å². The second-order valence-electron chi connectivity index (χ2n) is 5.58. The Morgan fingerprint density at radius 1 is 1.44 bits per heavy atom. The van der Waals surface area contributed by atoms with Crippen molar-refractivity contribution in [2.24, 2.45) is 11.1 Å². The molecule has 4 heteroatoms. The van der Waals surface area contributed by atoms with Gasteiger partial charge in [0, 0.05) is 25.6 Å². The molecule has 0 bridgehead atoms. The van der Waals surface area contributed by atoms with Gasteiger partial charge in [0.05, 0.1) is 12.5 Å². The molecule has 0 saturated carbocycles. The quantitative estimate of drug-likeness (QED) is 0.810. The number of amides is 1. The van der Waals surface area contributed by atoms with Gasteiger partial charge in [-0.05, 0) is 30.9 Å². The molecule has 4 nitrogen and oxygen atoms in total. The summed E-state index contributed by atoms with van der Waals surface area (Å²) >= 11 is 0. The Morgan fingerprint density at radius 2 is 2.17 bits per heavy atom. The molecule has 2 N–H and O–H groups in total. The van der Waals surface area contributed by atoms with E-state index in [1.165, 1.54) is 0 Å². The van der Waals surface area contributed by atoms with Crippen molar-refractivity contribution in [1.29, 1.82) is 0 Å². The molecule has 102 valence electrons. The van der Waals surface area contributed by atoms with Gasteiger partial charge in [-0.2, -0.15) is 0 Å². The van der Waals surface area contributed by atoms with Crippen LogP contribution in [0, 0.1) is 5.41 Å². The zero-order valence-corrected chi connectivity index (χ0v) is 11.6. The molecule has 0 atom stereocenters. The van der Waals surface area contributed by atoms with Crippen LogP contribution in [0.5, 0.6) is 0 Å². The van der Waals surface area contributed by atoms with Crippen LogP contribution in [0.25, 0.3) is 0 Å². The second-order valence-corrected chi connectivity index (χ2v) is 5.58. The highest BCUT2D eigenvalue weighted by Gasteiger charge is 2.19. The van der Waals surface area contributed by atoms with E-state index in [1.807, 2.05) is 13.1 Å². The van der Waals surface area contributed by atoms with Crippen LogP contribution in [-0.2, 0) is 11.3 Å². The first-order chi connectivity index (χ1) is 8.44. The molecule has 1 rings (SSSR count). The summed E-state index contributed by atoms with van der Waals surface area (Å²) in [6.45, 7) is 5.59. The maximum absolute atomic E-state index is 12.0. The molecule has 1 aromatic rings. The molecule has 1 amide bonds. The van der Waals surface area contributed by atoms with Crippen molar-refractivity contribution in [3.05, 3.63) is 24.2 Å². The molecule has 0 spiro atoms. The predicted octanol–water partition coefficient (Wildman–Crippen LogP) is 2.39. The van der Waals surface area contributed by atoms with Crippen molar-refractivity contribution in [3.8, 4) is 0 Å². The molecule has 0 unspecified atom stereocenters. The summed E-state index contributed by atoms with van der Waals surface area (Å²) in [5.41, 5.74) is 6.73. The molecule has 0 aliphatic rings. The lowest BCUT2D eigenvalue weighted by molar-refractivity contribution is -0.131. The fraction of sp³-hybridized carbons (Fsp3) is 0.643. The highest BCUT2D eigenvalue weighted by molar-refractivity contribution is 5.75. The molecule has 0 aromatic carbocycles. The Morgan fingerprint density at radius 3 is 2.72 bits per heavy atom. The van der Waals surface area contributed by atoms with Crippen LogP contribution in [-0.4, -0.2) is 24.4 Å². The van der Waals surface area contributed by atoms with Crippen molar-refractivity contribution in [2.45, 2.75) is 39.7 Å². The number of nitrogens with two attached hydrogens (primary N) is 1. The second kappa shape index (κ2) is 6.59. The third-order valence-electron chi connectivity index (χ3n) is 3.26. The number of nitrogens with zero attached hydrogens (tertiary/aromatic N) is 1. The van der Waals surface area contributed by atoms with E-state index >= 15 is 0 Å². The fourth-order valence-corrected chi connectivity index (χ4v) is 1.90. The molecule has 0 aliphatic carbocycles. The molecule has 0 radical (unpaired) electrons. The zero-order valence-electron chi connectivity index (χ0n) is 11.6. The maximum atomic E-state index is 12.0. The first-order valence-electron chi connectivity index (χ1n) is 6.40. The molecular formula is C14H24N2O2. The number of carbonyl (C=O) groups excluding carboxylic acids is 1. The highest BCUT2D eigenvalue weighted by atomic mass is 16.3. The summed E-state index contributed by atoms with van der Waals surface area (Å²) in [5, 5.41) is 0. The Hall–Kier alpha value is -1.29. The first-order valence-corrected chi connectivity index (χ1v) is 6.40. The van der Waals surface area contributed by atoms with E-state index in [-0.39, 0.29) is 11.3 Å². The van der Waals surface area contributed by atoms with E-state index in [0.717, 1.165) is 18.4 Å².